The SMILES string of the molecule is CCCOc1cccc(/C(O)=C2\C(=O)C(=O)N(CCC)C2c2c[nH]c3ccccc23)c1. The summed E-state index contributed by atoms with van der Waals surface area (Å²) in [7, 11) is 0. The van der Waals surface area contributed by atoms with Crippen LogP contribution < -0.4 is 4.74 Å². The molecular weight excluding hydrogens is 392 g/mol. The fraction of sp³-hybridized carbons (Fsp3) is 0.280. The second-order valence-corrected chi connectivity index (χ2v) is 7.66. The zero-order valence-electron chi connectivity index (χ0n) is 17.7. The molecule has 1 aromatic heterocycles. The third-order valence-electron chi connectivity index (χ3n) is 5.50. The molecule has 6 heteroatoms. The molecule has 160 valence electrons. The van der Waals surface area contributed by atoms with Gasteiger partial charge in [0, 0.05) is 34.8 Å². The number of ether oxygens (including phenoxy) is 1. The number of carbonyl (C=O) groups is 2. The van der Waals surface area contributed by atoms with Crippen molar-refractivity contribution in [1.29, 1.82) is 0 Å². The van der Waals surface area contributed by atoms with E-state index >= 15 is 0 Å². The van der Waals surface area contributed by atoms with E-state index in [0.29, 0.717) is 30.9 Å². The van der Waals surface area contributed by atoms with Crippen LogP contribution in [0.1, 0.15) is 43.9 Å². The van der Waals surface area contributed by atoms with E-state index in [1.807, 2.05) is 44.3 Å². The molecular formula is C25H26N2O4. The molecule has 31 heavy (non-hydrogen) atoms. The Kier molecular flexibility index (Phi) is 5.80. The molecule has 0 aliphatic carbocycles. The molecule has 0 bridgehead atoms. The zero-order chi connectivity index (χ0) is 22.0. The maximum absolute atomic E-state index is 13.1. The highest BCUT2D eigenvalue weighted by molar-refractivity contribution is 6.46. The van der Waals surface area contributed by atoms with Crippen molar-refractivity contribution in [3.05, 3.63) is 71.4 Å². The molecule has 4 rings (SSSR count). The highest BCUT2D eigenvalue weighted by Gasteiger charge is 2.46. The lowest BCUT2D eigenvalue weighted by Gasteiger charge is -2.24. The lowest BCUT2D eigenvalue weighted by molar-refractivity contribution is -0.139. The van der Waals surface area contributed by atoms with Crippen molar-refractivity contribution in [2.75, 3.05) is 13.2 Å². The smallest absolute Gasteiger partial charge is 0.295 e. The first-order valence-corrected chi connectivity index (χ1v) is 10.6. The van der Waals surface area contributed by atoms with Crippen LogP contribution in [0, 0.1) is 0 Å². The van der Waals surface area contributed by atoms with Gasteiger partial charge in [0.15, 0.2) is 0 Å². The predicted octanol–water partition coefficient (Wildman–Crippen LogP) is 4.79. The van der Waals surface area contributed by atoms with Gasteiger partial charge in [-0.3, -0.25) is 9.59 Å². The molecule has 2 aromatic carbocycles. The number of fused-ring (bicyclic) bond motifs is 1. The van der Waals surface area contributed by atoms with E-state index in [-0.39, 0.29) is 11.3 Å². The summed E-state index contributed by atoms with van der Waals surface area (Å²) in [6, 6.07) is 14.1. The summed E-state index contributed by atoms with van der Waals surface area (Å²) in [5.41, 5.74) is 2.27. The normalized spacial score (nSPS) is 18.1. The van der Waals surface area contributed by atoms with Gasteiger partial charge >= 0.3 is 0 Å². The van der Waals surface area contributed by atoms with E-state index in [1.54, 1.807) is 29.2 Å². The number of aliphatic hydroxyl groups is 1. The lowest BCUT2D eigenvalue weighted by Crippen LogP contribution is -2.30. The number of benzene rings is 2. The number of aromatic nitrogens is 1. The van der Waals surface area contributed by atoms with Gasteiger partial charge in [-0.1, -0.05) is 44.2 Å². The minimum absolute atomic E-state index is 0.107. The van der Waals surface area contributed by atoms with E-state index in [2.05, 4.69) is 4.98 Å². The monoisotopic (exact) mass is 418 g/mol. The average Bonchev–Trinajstić information content (AvgIpc) is 3.32. The maximum atomic E-state index is 13.1. The van der Waals surface area contributed by atoms with Crippen LogP contribution in [-0.4, -0.2) is 39.8 Å². The Morgan fingerprint density at radius 3 is 2.68 bits per heavy atom. The second kappa shape index (κ2) is 8.68. The van der Waals surface area contributed by atoms with Gasteiger partial charge in [-0.25, -0.2) is 0 Å². The molecule has 0 spiro atoms. The number of H-pyrrole nitrogens is 1. The van der Waals surface area contributed by atoms with Gasteiger partial charge in [0.05, 0.1) is 18.2 Å². The molecule has 2 N–H and O–H groups in total. The Morgan fingerprint density at radius 2 is 1.90 bits per heavy atom. The van der Waals surface area contributed by atoms with Crippen LogP contribution in [0.25, 0.3) is 16.7 Å². The summed E-state index contributed by atoms with van der Waals surface area (Å²) < 4.78 is 5.67. The second-order valence-electron chi connectivity index (χ2n) is 7.66. The maximum Gasteiger partial charge on any atom is 0.295 e. The minimum atomic E-state index is -0.666. The number of aliphatic hydroxyl groups excluding tert-OH is 1. The van der Waals surface area contributed by atoms with Crippen LogP contribution in [0.3, 0.4) is 0 Å². The van der Waals surface area contributed by atoms with Gasteiger partial charge in [-0.15, -0.1) is 0 Å². The summed E-state index contributed by atoms with van der Waals surface area (Å²) in [6.45, 7) is 4.95. The van der Waals surface area contributed by atoms with Crippen LogP contribution in [0.15, 0.2) is 60.3 Å². The Hall–Kier alpha value is -3.54. The molecule has 3 aromatic rings. The third kappa shape index (κ3) is 3.69. The third-order valence-corrected chi connectivity index (χ3v) is 5.50. The molecule has 0 radical (unpaired) electrons. The van der Waals surface area contributed by atoms with Crippen molar-refractivity contribution in [2.45, 2.75) is 32.7 Å². The fourth-order valence-corrected chi connectivity index (χ4v) is 4.10. The molecule has 6 nitrogen and oxygen atoms in total. The van der Waals surface area contributed by atoms with Gasteiger partial charge in [0.2, 0.25) is 0 Å². The Bertz CT molecular complexity index is 1160. The Balaban J connectivity index is 1.87. The first kappa shape index (κ1) is 20.7. The molecule has 1 amide bonds. The molecule has 1 atom stereocenters. The van der Waals surface area contributed by atoms with Gasteiger partial charge in [-0.2, -0.15) is 0 Å². The molecule has 1 fully saturated rings. The van der Waals surface area contributed by atoms with Crippen LogP contribution in [-0.2, 0) is 9.59 Å². The molecule has 1 unspecified atom stereocenters. The van der Waals surface area contributed by atoms with Crippen molar-refractivity contribution in [3.8, 4) is 5.75 Å². The first-order chi connectivity index (χ1) is 15.1. The summed E-state index contributed by atoms with van der Waals surface area (Å²) in [5.74, 6) is -0.829. The number of hydrogen-bond donors (Lipinski definition) is 2. The number of ketones is 1. The van der Waals surface area contributed by atoms with E-state index in [9.17, 15) is 14.7 Å². The van der Waals surface area contributed by atoms with E-state index in [1.165, 1.54) is 0 Å². The molecule has 1 aliphatic heterocycles. The molecule has 0 saturated carbocycles. The zero-order valence-corrected chi connectivity index (χ0v) is 17.7. The Labute approximate surface area is 181 Å². The number of aromatic amines is 1. The van der Waals surface area contributed by atoms with Gasteiger partial charge in [0.25, 0.3) is 11.7 Å². The fourth-order valence-electron chi connectivity index (χ4n) is 4.10. The first-order valence-electron chi connectivity index (χ1n) is 10.6. The summed E-state index contributed by atoms with van der Waals surface area (Å²) in [5, 5.41) is 12.1. The number of Topliss-reactive ketones (excluding diaryl/α,β-unsaturated/α-hetero) is 1. The molecule has 1 aliphatic rings. The number of rotatable bonds is 7. The van der Waals surface area contributed by atoms with Crippen LogP contribution in [0.2, 0.25) is 0 Å². The number of amides is 1. The van der Waals surface area contributed by atoms with Crippen molar-refractivity contribution >= 4 is 28.4 Å². The van der Waals surface area contributed by atoms with Crippen molar-refractivity contribution in [3.63, 3.8) is 0 Å². The number of nitrogens with one attached hydrogen (secondary N) is 1. The van der Waals surface area contributed by atoms with Gasteiger partial charge in [-0.05, 0) is 31.0 Å². The number of carbonyl (C=O) groups excluding carboxylic acids is 2. The number of nitrogens with zero attached hydrogens (tertiary/aromatic N) is 1. The van der Waals surface area contributed by atoms with Crippen molar-refractivity contribution in [2.24, 2.45) is 0 Å². The van der Waals surface area contributed by atoms with Crippen molar-refractivity contribution < 1.29 is 19.4 Å². The van der Waals surface area contributed by atoms with Crippen LogP contribution >= 0.6 is 0 Å². The Morgan fingerprint density at radius 1 is 1.10 bits per heavy atom. The predicted molar refractivity (Wildman–Crippen MR) is 120 cm³/mol. The van der Waals surface area contributed by atoms with E-state index in [4.69, 9.17) is 4.74 Å². The van der Waals surface area contributed by atoms with Crippen molar-refractivity contribution in [1.82, 2.24) is 9.88 Å². The quantitative estimate of drug-likeness (QED) is 0.328. The summed E-state index contributed by atoms with van der Waals surface area (Å²) >= 11 is 0. The standard InChI is InChI=1S/C25H26N2O4/c1-3-12-27-22(19-15-26-20-11-6-5-10-18(19)20)21(24(29)25(27)30)23(28)16-8-7-9-17(14-16)31-13-4-2/h5-11,14-15,22,26,28H,3-4,12-13H2,1-2H3/b23-21+. The summed E-state index contributed by atoms with van der Waals surface area (Å²) in [6.07, 6.45) is 3.38. The minimum Gasteiger partial charge on any atom is -0.507 e. The largest absolute Gasteiger partial charge is 0.507 e. The molecule has 2 heterocycles. The highest BCUT2D eigenvalue weighted by Crippen LogP contribution is 2.42. The number of hydrogen-bond acceptors (Lipinski definition) is 4. The van der Waals surface area contributed by atoms with Crippen LogP contribution in [0.4, 0.5) is 0 Å². The van der Waals surface area contributed by atoms with E-state index in [0.717, 1.165) is 22.9 Å². The van der Waals surface area contributed by atoms with Crippen LogP contribution in [0.5, 0.6) is 5.75 Å². The highest BCUT2D eigenvalue weighted by atomic mass is 16.5. The van der Waals surface area contributed by atoms with E-state index < -0.39 is 17.7 Å². The topological polar surface area (TPSA) is 82.6 Å². The summed E-state index contributed by atoms with van der Waals surface area (Å²) in [4.78, 5) is 30.7. The molecule has 1 saturated heterocycles. The number of likely N-dealkylation sites (tertiary alicyclic amines) is 1. The lowest BCUT2D eigenvalue weighted by atomic mass is 9.95. The number of para-hydroxylation sites is 1. The van der Waals surface area contributed by atoms with Gasteiger partial charge < -0.3 is 19.7 Å². The van der Waals surface area contributed by atoms with Gasteiger partial charge in [0.1, 0.15) is 11.5 Å². The average molecular weight is 418 g/mol.